The third kappa shape index (κ3) is 5.20. The van der Waals surface area contributed by atoms with Gasteiger partial charge in [0.25, 0.3) is 5.56 Å². The van der Waals surface area contributed by atoms with E-state index >= 15 is 0 Å². The van der Waals surface area contributed by atoms with Crippen molar-refractivity contribution in [3.63, 3.8) is 0 Å². The number of H-pyrrole nitrogens is 1. The monoisotopic (exact) mass is 477 g/mol. The average Bonchev–Trinajstić information content (AvgIpc) is 2.95. The fourth-order valence-corrected chi connectivity index (χ4v) is 5.02. The van der Waals surface area contributed by atoms with Gasteiger partial charge >= 0.3 is 19.5 Å². The average molecular weight is 477 g/mol. The van der Waals surface area contributed by atoms with Crippen LogP contribution in [0.5, 0.6) is 0 Å². The summed E-state index contributed by atoms with van der Waals surface area (Å²) in [6, 6.07) is 1.16. The van der Waals surface area contributed by atoms with Crippen molar-refractivity contribution >= 4 is 13.8 Å². The molecule has 0 amide bonds. The number of aromatic amines is 1. The third-order valence-electron chi connectivity index (χ3n) is 5.06. The third-order valence-corrected chi connectivity index (χ3v) is 6.51. The first-order valence-electron chi connectivity index (χ1n) is 10.0. The molecule has 13 nitrogen and oxygen atoms in total. The Morgan fingerprint density at radius 3 is 2.78 bits per heavy atom. The Morgan fingerprint density at radius 1 is 1.44 bits per heavy atom. The van der Waals surface area contributed by atoms with Gasteiger partial charge in [0.15, 0.2) is 12.3 Å². The van der Waals surface area contributed by atoms with Crippen LogP contribution in [0, 0.1) is 0 Å². The summed E-state index contributed by atoms with van der Waals surface area (Å²) in [6.07, 6.45) is -2.59. The molecule has 6 atom stereocenters. The molecule has 2 fully saturated rings. The van der Waals surface area contributed by atoms with Gasteiger partial charge in [0.2, 0.25) is 0 Å². The number of methoxy groups -OCH3 is 1. The normalized spacial score (nSPS) is 33.1. The van der Waals surface area contributed by atoms with Gasteiger partial charge in [-0.15, -0.1) is 0 Å². The van der Waals surface area contributed by atoms with E-state index in [0.29, 0.717) is 0 Å². The SMILES string of the molecule is CO[C@H](CCO[P@]1(=O)OC[C@H]2O[C@@H](n3ccc(=O)[nH]c3=O)[C@](C)(N)[C@@H]2O1)C(=O)OC(C)C. The lowest BCUT2D eigenvalue weighted by molar-refractivity contribution is -0.160. The molecule has 0 aromatic carbocycles. The predicted molar refractivity (Wildman–Crippen MR) is 109 cm³/mol. The van der Waals surface area contributed by atoms with Crippen molar-refractivity contribution < 1.29 is 37.1 Å². The number of aromatic nitrogens is 2. The second-order valence-corrected chi connectivity index (χ2v) is 9.63. The first-order valence-corrected chi connectivity index (χ1v) is 11.5. The zero-order valence-electron chi connectivity index (χ0n) is 18.2. The van der Waals surface area contributed by atoms with Crippen LogP contribution in [-0.2, 0) is 37.1 Å². The summed E-state index contributed by atoms with van der Waals surface area (Å²) < 4.78 is 46.3. The maximum atomic E-state index is 13.0. The fourth-order valence-electron chi connectivity index (χ4n) is 3.52. The summed E-state index contributed by atoms with van der Waals surface area (Å²) in [5.74, 6) is -0.567. The van der Waals surface area contributed by atoms with Crippen molar-refractivity contribution in [1.29, 1.82) is 0 Å². The number of phosphoric acid groups is 1. The second-order valence-electron chi connectivity index (χ2n) is 8.01. The number of nitrogens with two attached hydrogens (primary N) is 1. The molecular weight excluding hydrogens is 449 g/mol. The number of nitrogens with one attached hydrogen (secondary N) is 1. The molecule has 0 unspecified atom stereocenters. The van der Waals surface area contributed by atoms with Gasteiger partial charge in [-0.25, -0.2) is 14.2 Å². The molecule has 3 heterocycles. The molecule has 2 aliphatic rings. The zero-order chi connectivity index (χ0) is 23.7. The summed E-state index contributed by atoms with van der Waals surface area (Å²) in [7, 11) is -2.69. The maximum absolute atomic E-state index is 13.0. The van der Waals surface area contributed by atoms with Crippen LogP contribution < -0.4 is 17.0 Å². The van der Waals surface area contributed by atoms with Gasteiger partial charge in [-0.05, 0) is 20.8 Å². The highest BCUT2D eigenvalue weighted by molar-refractivity contribution is 7.48. The standard InChI is InChI=1S/C18H28N3O10P/c1-10(2)29-15(23)11(26-4)6-8-27-32(25)28-9-12-14(31-32)18(3,19)16(30-12)21-7-5-13(22)20-17(21)24/h5,7,10-12,14,16H,6,8-9,19H2,1-4H3,(H,20,22,24)/t11-,12-,14-,16-,18-,32-/m1/s1. The van der Waals surface area contributed by atoms with Crippen molar-refractivity contribution in [1.82, 2.24) is 9.55 Å². The largest absolute Gasteiger partial charge is 0.475 e. The smallest absolute Gasteiger partial charge is 0.461 e. The highest BCUT2D eigenvalue weighted by atomic mass is 31.2. The van der Waals surface area contributed by atoms with Crippen molar-refractivity contribution in [2.75, 3.05) is 20.3 Å². The Bertz CT molecular complexity index is 990. The number of carbonyl (C=O) groups is 1. The Morgan fingerprint density at radius 2 is 2.16 bits per heavy atom. The van der Waals surface area contributed by atoms with Crippen molar-refractivity contribution in [3.05, 3.63) is 33.1 Å². The number of ether oxygens (including phenoxy) is 3. The molecule has 0 bridgehead atoms. The van der Waals surface area contributed by atoms with E-state index in [-0.39, 0.29) is 25.7 Å². The molecule has 180 valence electrons. The lowest BCUT2D eigenvalue weighted by Crippen LogP contribution is -2.55. The van der Waals surface area contributed by atoms with Crippen LogP contribution in [0.15, 0.2) is 21.9 Å². The first kappa shape index (κ1) is 24.8. The number of esters is 1. The fraction of sp³-hybridized carbons (Fsp3) is 0.722. The molecule has 0 radical (unpaired) electrons. The van der Waals surface area contributed by atoms with Gasteiger partial charge < -0.3 is 19.9 Å². The number of nitrogens with zero attached hydrogens (tertiary/aromatic N) is 1. The van der Waals surface area contributed by atoms with E-state index in [2.05, 4.69) is 4.98 Å². The van der Waals surface area contributed by atoms with Crippen molar-refractivity contribution in [2.24, 2.45) is 5.73 Å². The van der Waals surface area contributed by atoms with Crippen LogP contribution in [-0.4, -0.2) is 65.8 Å². The molecule has 0 saturated carbocycles. The minimum absolute atomic E-state index is 0.0542. The van der Waals surface area contributed by atoms with Gasteiger partial charge in [-0.2, -0.15) is 0 Å². The number of phosphoric ester groups is 1. The molecule has 32 heavy (non-hydrogen) atoms. The Balaban J connectivity index is 1.66. The highest BCUT2D eigenvalue weighted by Gasteiger charge is 2.59. The summed E-state index contributed by atoms with van der Waals surface area (Å²) in [5.41, 5.74) is 3.82. The van der Waals surface area contributed by atoms with Gasteiger partial charge in [-0.3, -0.25) is 27.9 Å². The lowest BCUT2D eigenvalue weighted by Gasteiger charge is -2.35. The van der Waals surface area contributed by atoms with E-state index in [0.717, 1.165) is 10.6 Å². The number of hydrogen-bond donors (Lipinski definition) is 2. The van der Waals surface area contributed by atoms with Crippen LogP contribution in [0.3, 0.4) is 0 Å². The Kier molecular flexibility index (Phi) is 7.40. The van der Waals surface area contributed by atoms with Crippen molar-refractivity contribution in [2.45, 2.75) is 63.4 Å². The molecule has 1 aromatic heterocycles. The quantitative estimate of drug-likeness (QED) is 0.383. The topological polar surface area (TPSA) is 170 Å². The van der Waals surface area contributed by atoms with Crippen LogP contribution >= 0.6 is 7.82 Å². The predicted octanol–water partition coefficient (Wildman–Crippen LogP) is 0.0482. The number of rotatable bonds is 8. The molecule has 2 saturated heterocycles. The summed E-state index contributed by atoms with van der Waals surface area (Å²) in [6.45, 7) is 4.65. The van der Waals surface area contributed by atoms with E-state index in [9.17, 15) is 18.9 Å². The maximum Gasteiger partial charge on any atom is 0.475 e. The van der Waals surface area contributed by atoms with Gasteiger partial charge in [0.1, 0.15) is 12.2 Å². The Labute approximate surface area is 183 Å². The van der Waals surface area contributed by atoms with Crippen molar-refractivity contribution in [3.8, 4) is 0 Å². The second kappa shape index (κ2) is 9.56. The lowest BCUT2D eigenvalue weighted by atomic mass is 9.93. The minimum atomic E-state index is -4.04. The molecule has 3 rings (SSSR count). The van der Waals surface area contributed by atoms with E-state index in [4.69, 9.17) is 33.5 Å². The zero-order valence-corrected chi connectivity index (χ0v) is 19.1. The molecule has 0 spiro atoms. The number of hydrogen-bond acceptors (Lipinski definition) is 11. The summed E-state index contributed by atoms with van der Waals surface area (Å²) in [5, 5.41) is 0. The Hall–Kier alpha value is -1.86. The molecular formula is C18H28N3O10P. The molecule has 3 N–H and O–H groups in total. The highest BCUT2D eigenvalue weighted by Crippen LogP contribution is 2.58. The van der Waals surface area contributed by atoms with Gasteiger partial charge in [-0.1, -0.05) is 0 Å². The van der Waals surface area contributed by atoms with E-state index < -0.39 is 55.1 Å². The van der Waals surface area contributed by atoms with E-state index in [1.165, 1.54) is 13.3 Å². The van der Waals surface area contributed by atoms with E-state index in [1.807, 2.05) is 0 Å². The first-order chi connectivity index (χ1) is 15.0. The number of fused-ring (bicyclic) bond motifs is 1. The minimum Gasteiger partial charge on any atom is -0.461 e. The van der Waals surface area contributed by atoms with Crippen LogP contribution in [0.1, 0.15) is 33.4 Å². The molecule has 1 aromatic rings. The molecule has 0 aliphatic carbocycles. The van der Waals surface area contributed by atoms with Crippen LogP contribution in [0.2, 0.25) is 0 Å². The van der Waals surface area contributed by atoms with Crippen LogP contribution in [0.4, 0.5) is 0 Å². The van der Waals surface area contributed by atoms with E-state index in [1.54, 1.807) is 20.8 Å². The molecule has 14 heteroatoms. The summed E-state index contributed by atoms with van der Waals surface area (Å²) in [4.78, 5) is 37.6. The summed E-state index contributed by atoms with van der Waals surface area (Å²) >= 11 is 0. The molecule has 2 aliphatic heterocycles. The van der Waals surface area contributed by atoms with Gasteiger partial charge in [0.05, 0.1) is 24.9 Å². The van der Waals surface area contributed by atoms with Crippen LogP contribution in [0.25, 0.3) is 0 Å². The van der Waals surface area contributed by atoms with Gasteiger partial charge in [0, 0.05) is 25.8 Å². The number of carbonyl (C=O) groups excluding carboxylic acids is 1.